The second-order valence-electron chi connectivity index (χ2n) is 6.19. The number of nitrogens with zero attached hydrogens (tertiary/aromatic N) is 1. The molecule has 4 heteroatoms. The Hall–Kier alpha value is -1.13. The van der Waals surface area contributed by atoms with Gasteiger partial charge in [-0.25, -0.2) is 4.39 Å². The van der Waals surface area contributed by atoms with Crippen molar-refractivity contribution in [2.75, 3.05) is 19.6 Å². The number of nitrogens with one attached hydrogen (secondary N) is 1. The molecular weight excluding hydrogens is 255 g/mol. The Bertz CT molecular complexity index is 454. The van der Waals surface area contributed by atoms with Crippen LogP contribution in [0.2, 0.25) is 0 Å². The van der Waals surface area contributed by atoms with Gasteiger partial charge in [0.25, 0.3) is 0 Å². The number of hydrogen-bond donors (Lipinski definition) is 2. The fourth-order valence-corrected chi connectivity index (χ4v) is 2.86. The summed E-state index contributed by atoms with van der Waals surface area (Å²) in [5.74, 6) is 0.147. The van der Waals surface area contributed by atoms with Crippen LogP contribution in [-0.4, -0.2) is 35.7 Å². The summed E-state index contributed by atoms with van der Waals surface area (Å²) in [6.07, 6.45) is 5.15. The molecule has 2 fully saturated rings. The fourth-order valence-electron chi connectivity index (χ4n) is 2.86. The number of halogens is 1. The molecule has 0 amide bonds. The van der Waals surface area contributed by atoms with E-state index in [1.165, 1.54) is 44.4 Å². The van der Waals surface area contributed by atoms with Crippen LogP contribution in [0, 0.1) is 11.7 Å². The Balaban J connectivity index is 1.44. The summed E-state index contributed by atoms with van der Waals surface area (Å²) >= 11 is 0. The van der Waals surface area contributed by atoms with E-state index in [0.717, 1.165) is 31.1 Å². The minimum atomic E-state index is -0.525. The van der Waals surface area contributed by atoms with Crippen molar-refractivity contribution >= 4 is 0 Å². The number of aromatic hydroxyl groups is 1. The van der Waals surface area contributed by atoms with Gasteiger partial charge in [0.1, 0.15) is 0 Å². The van der Waals surface area contributed by atoms with E-state index in [0.29, 0.717) is 6.04 Å². The van der Waals surface area contributed by atoms with Crippen molar-refractivity contribution in [3.63, 3.8) is 0 Å². The van der Waals surface area contributed by atoms with Crippen molar-refractivity contribution in [1.29, 1.82) is 0 Å². The summed E-state index contributed by atoms with van der Waals surface area (Å²) in [4.78, 5) is 2.36. The molecule has 2 N–H and O–H groups in total. The van der Waals surface area contributed by atoms with Gasteiger partial charge in [0.05, 0.1) is 0 Å². The molecule has 1 aliphatic heterocycles. The lowest BCUT2D eigenvalue weighted by atomic mass is 10.0. The molecule has 0 atom stereocenters. The van der Waals surface area contributed by atoms with Crippen molar-refractivity contribution in [3.8, 4) is 5.75 Å². The molecule has 0 radical (unpaired) electrons. The lowest BCUT2D eigenvalue weighted by molar-refractivity contribution is 0.190. The molecule has 3 nitrogen and oxygen atoms in total. The van der Waals surface area contributed by atoms with Crippen LogP contribution in [0.1, 0.15) is 31.2 Å². The van der Waals surface area contributed by atoms with Gasteiger partial charge in [0.2, 0.25) is 0 Å². The summed E-state index contributed by atoms with van der Waals surface area (Å²) in [5.41, 5.74) is 0.935. The second-order valence-corrected chi connectivity index (χ2v) is 6.19. The highest BCUT2D eigenvalue weighted by atomic mass is 19.1. The van der Waals surface area contributed by atoms with E-state index in [2.05, 4.69) is 10.2 Å². The van der Waals surface area contributed by atoms with E-state index in [1.807, 2.05) is 0 Å². The molecule has 1 heterocycles. The number of phenolic OH excluding ortho intramolecular Hbond substituents is 1. The molecule has 3 rings (SSSR count). The third-order valence-electron chi connectivity index (χ3n) is 4.40. The SMILES string of the molecule is Oc1ccc(CN2CCC(NCC3CC3)CC2)cc1F. The van der Waals surface area contributed by atoms with Crippen molar-refractivity contribution in [3.05, 3.63) is 29.6 Å². The molecule has 0 spiro atoms. The number of phenols is 1. The van der Waals surface area contributed by atoms with Crippen LogP contribution in [-0.2, 0) is 6.54 Å². The first kappa shape index (κ1) is 13.8. The third kappa shape index (κ3) is 3.70. The van der Waals surface area contributed by atoms with Gasteiger partial charge < -0.3 is 10.4 Å². The normalized spacial score (nSPS) is 21.2. The highest BCUT2D eigenvalue weighted by molar-refractivity contribution is 5.27. The van der Waals surface area contributed by atoms with Gasteiger partial charge in [0.15, 0.2) is 11.6 Å². The number of rotatable bonds is 5. The van der Waals surface area contributed by atoms with Crippen LogP contribution in [0.3, 0.4) is 0 Å². The summed E-state index contributed by atoms with van der Waals surface area (Å²) in [6.45, 7) is 4.08. The number of likely N-dealkylation sites (tertiary alicyclic amines) is 1. The molecular formula is C16H23FN2O. The van der Waals surface area contributed by atoms with Crippen LogP contribution in [0.4, 0.5) is 4.39 Å². The molecule has 1 saturated heterocycles. The molecule has 2 aliphatic rings. The Morgan fingerprint density at radius 3 is 2.60 bits per heavy atom. The molecule has 1 aromatic rings. The first-order chi connectivity index (χ1) is 9.70. The molecule has 0 unspecified atom stereocenters. The zero-order valence-corrected chi connectivity index (χ0v) is 11.8. The van der Waals surface area contributed by atoms with E-state index in [-0.39, 0.29) is 5.75 Å². The lowest BCUT2D eigenvalue weighted by Gasteiger charge is -2.32. The Morgan fingerprint density at radius 1 is 1.20 bits per heavy atom. The van der Waals surface area contributed by atoms with E-state index in [1.54, 1.807) is 6.07 Å². The average molecular weight is 278 g/mol. The predicted molar refractivity (Wildman–Crippen MR) is 77.1 cm³/mol. The highest BCUT2D eigenvalue weighted by Gasteiger charge is 2.24. The van der Waals surface area contributed by atoms with Crippen LogP contribution in [0.25, 0.3) is 0 Å². The molecule has 0 bridgehead atoms. The van der Waals surface area contributed by atoms with Gasteiger partial charge in [-0.2, -0.15) is 0 Å². The van der Waals surface area contributed by atoms with E-state index in [4.69, 9.17) is 0 Å². The van der Waals surface area contributed by atoms with Crippen molar-refractivity contribution in [2.45, 2.75) is 38.3 Å². The summed E-state index contributed by atoms with van der Waals surface area (Å²) < 4.78 is 13.3. The highest BCUT2D eigenvalue weighted by Crippen LogP contribution is 2.28. The van der Waals surface area contributed by atoms with E-state index in [9.17, 15) is 9.50 Å². The number of hydrogen-bond acceptors (Lipinski definition) is 3. The predicted octanol–water partition coefficient (Wildman–Crippen LogP) is 2.50. The molecule has 110 valence electrons. The van der Waals surface area contributed by atoms with Crippen LogP contribution in [0.5, 0.6) is 5.75 Å². The fraction of sp³-hybridized carbons (Fsp3) is 0.625. The van der Waals surface area contributed by atoms with Gasteiger partial charge in [0, 0.05) is 12.6 Å². The van der Waals surface area contributed by atoms with Crippen LogP contribution < -0.4 is 5.32 Å². The maximum absolute atomic E-state index is 13.3. The Kier molecular flexibility index (Phi) is 4.22. The maximum atomic E-state index is 13.3. The summed E-state index contributed by atoms with van der Waals surface area (Å²) in [7, 11) is 0. The third-order valence-corrected chi connectivity index (χ3v) is 4.40. The van der Waals surface area contributed by atoms with E-state index >= 15 is 0 Å². The first-order valence-corrected chi connectivity index (χ1v) is 7.64. The van der Waals surface area contributed by atoms with Gasteiger partial charge >= 0.3 is 0 Å². The van der Waals surface area contributed by atoms with Gasteiger partial charge in [-0.3, -0.25) is 4.90 Å². The summed E-state index contributed by atoms with van der Waals surface area (Å²) in [6, 6.07) is 5.33. The Morgan fingerprint density at radius 2 is 1.95 bits per heavy atom. The zero-order chi connectivity index (χ0) is 13.9. The van der Waals surface area contributed by atoms with Crippen molar-refractivity contribution in [2.24, 2.45) is 5.92 Å². The topological polar surface area (TPSA) is 35.5 Å². The monoisotopic (exact) mass is 278 g/mol. The largest absolute Gasteiger partial charge is 0.505 e. The molecule has 1 saturated carbocycles. The maximum Gasteiger partial charge on any atom is 0.165 e. The first-order valence-electron chi connectivity index (χ1n) is 7.64. The Labute approximate surface area is 119 Å². The van der Waals surface area contributed by atoms with Crippen LogP contribution >= 0.6 is 0 Å². The molecule has 1 aromatic carbocycles. The van der Waals surface area contributed by atoms with Crippen molar-refractivity contribution in [1.82, 2.24) is 10.2 Å². The molecule has 20 heavy (non-hydrogen) atoms. The summed E-state index contributed by atoms with van der Waals surface area (Å²) in [5, 5.41) is 12.9. The number of benzene rings is 1. The molecule has 0 aromatic heterocycles. The average Bonchev–Trinajstić information content (AvgIpc) is 3.26. The minimum Gasteiger partial charge on any atom is -0.505 e. The zero-order valence-electron chi connectivity index (χ0n) is 11.8. The van der Waals surface area contributed by atoms with Gasteiger partial charge in [-0.05, 0) is 68.9 Å². The number of piperidine rings is 1. The van der Waals surface area contributed by atoms with Crippen molar-refractivity contribution < 1.29 is 9.50 Å². The quantitative estimate of drug-likeness (QED) is 0.868. The van der Waals surface area contributed by atoms with Crippen LogP contribution in [0.15, 0.2) is 18.2 Å². The van der Waals surface area contributed by atoms with Gasteiger partial charge in [-0.15, -0.1) is 0 Å². The lowest BCUT2D eigenvalue weighted by Crippen LogP contribution is -2.42. The van der Waals surface area contributed by atoms with Gasteiger partial charge in [-0.1, -0.05) is 6.07 Å². The standard InChI is InChI=1S/C16H23FN2O/c17-15-9-13(3-4-16(15)20)11-19-7-5-14(6-8-19)18-10-12-1-2-12/h3-4,9,12,14,18,20H,1-2,5-8,10-11H2. The second kappa shape index (κ2) is 6.10. The van der Waals surface area contributed by atoms with E-state index < -0.39 is 5.82 Å². The molecule has 1 aliphatic carbocycles. The smallest absolute Gasteiger partial charge is 0.165 e. The minimum absolute atomic E-state index is 0.267.